The highest BCUT2D eigenvalue weighted by atomic mass is 16.5. The molecular weight excluding hydrogens is 304 g/mol. The second kappa shape index (κ2) is 11.0. The summed E-state index contributed by atoms with van der Waals surface area (Å²) in [6, 6.07) is 7.17. The van der Waals surface area contributed by atoms with Crippen LogP contribution in [0.1, 0.15) is 33.6 Å². The maximum absolute atomic E-state index is 11.7. The molecule has 5 heteroatoms. The average Bonchev–Trinajstić information content (AvgIpc) is 2.56. The molecule has 1 rings (SSSR count). The first kappa shape index (κ1) is 19.5. The zero-order valence-electron chi connectivity index (χ0n) is 14.8. The van der Waals surface area contributed by atoms with E-state index in [2.05, 4.69) is 30.5 Å². The largest absolute Gasteiger partial charge is 0.493 e. The van der Waals surface area contributed by atoms with Gasteiger partial charge in [0.15, 0.2) is 18.1 Å². The molecule has 130 valence electrons. The van der Waals surface area contributed by atoms with E-state index in [1.807, 2.05) is 25.1 Å². The Hall–Kier alpha value is -2.56. The lowest BCUT2D eigenvalue weighted by atomic mass is 10.1. The minimum absolute atomic E-state index is 0.124. The summed E-state index contributed by atoms with van der Waals surface area (Å²) in [7, 11) is 1.55. The van der Waals surface area contributed by atoms with Gasteiger partial charge in [0.2, 0.25) is 0 Å². The summed E-state index contributed by atoms with van der Waals surface area (Å²) in [6.07, 6.45) is 7.66. The number of carbonyl (C=O) groups excluding carboxylic acids is 1. The van der Waals surface area contributed by atoms with E-state index in [1.54, 1.807) is 25.5 Å². The first-order valence-electron chi connectivity index (χ1n) is 7.89. The van der Waals surface area contributed by atoms with E-state index in [4.69, 9.17) is 9.47 Å². The van der Waals surface area contributed by atoms with Gasteiger partial charge in [-0.3, -0.25) is 4.79 Å². The van der Waals surface area contributed by atoms with Crippen molar-refractivity contribution < 1.29 is 14.3 Å². The van der Waals surface area contributed by atoms with Crippen LogP contribution in [-0.2, 0) is 4.79 Å². The molecule has 0 saturated heterocycles. The van der Waals surface area contributed by atoms with Gasteiger partial charge in [-0.1, -0.05) is 29.4 Å². The van der Waals surface area contributed by atoms with Crippen molar-refractivity contribution in [2.75, 3.05) is 13.7 Å². The summed E-state index contributed by atoms with van der Waals surface area (Å²) in [6.45, 7) is 6.09. The van der Waals surface area contributed by atoms with Crippen LogP contribution in [0.25, 0.3) is 0 Å². The zero-order valence-corrected chi connectivity index (χ0v) is 14.8. The number of benzene rings is 1. The van der Waals surface area contributed by atoms with E-state index in [-0.39, 0.29) is 12.5 Å². The van der Waals surface area contributed by atoms with Crippen molar-refractivity contribution >= 4 is 12.1 Å². The van der Waals surface area contributed by atoms with Crippen molar-refractivity contribution in [1.82, 2.24) is 5.43 Å². The van der Waals surface area contributed by atoms with Crippen LogP contribution in [0, 0.1) is 0 Å². The summed E-state index contributed by atoms with van der Waals surface area (Å²) in [4.78, 5) is 11.7. The van der Waals surface area contributed by atoms with Crippen molar-refractivity contribution in [2.24, 2.45) is 5.10 Å². The van der Waals surface area contributed by atoms with Crippen LogP contribution in [0.15, 0.2) is 52.7 Å². The number of carbonyl (C=O) groups is 1. The van der Waals surface area contributed by atoms with Crippen molar-refractivity contribution in [3.63, 3.8) is 0 Å². The quantitative estimate of drug-likeness (QED) is 0.425. The normalized spacial score (nSPS) is 11.2. The maximum atomic E-state index is 11.7. The highest BCUT2D eigenvalue weighted by Gasteiger charge is 2.05. The Morgan fingerprint density at radius 2 is 1.92 bits per heavy atom. The van der Waals surface area contributed by atoms with Crippen LogP contribution in [0.3, 0.4) is 0 Å². The molecule has 0 spiro atoms. The monoisotopic (exact) mass is 330 g/mol. The molecular formula is C19H26N2O3. The van der Waals surface area contributed by atoms with Crippen molar-refractivity contribution in [3.05, 3.63) is 47.6 Å². The first-order chi connectivity index (χ1) is 11.5. The predicted molar refractivity (Wildman–Crippen MR) is 97.5 cm³/mol. The van der Waals surface area contributed by atoms with Gasteiger partial charge in [0.05, 0.1) is 7.11 Å². The number of allylic oxidation sites excluding steroid dienone is 4. The lowest BCUT2D eigenvalue weighted by Gasteiger charge is -2.08. The Labute approximate surface area is 144 Å². The molecule has 0 fully saturated rings. The molecule has 0 saturated carbocycles. The van der Waals surface area contributed by atoms with Crippen molar-refractivity contribution in [3.8, 4) is 11.5 Å². The van der Waals surface area contributed by atoms with Crippen LogP contribution in [0.4, 0.5) is 0 Å². The summed E-state index contributed by atoms with van der Waals surface area (Å²) in [5.41, 5.74) is 4.95. The van der Waals surface area contributed by atoms with Crippen molar-refractivity contribution in [2.45, 2.75) is 33.6 Å². The van der Waals surface area contributed by atoms with Crippen molar-refractivity contribution in [1.29, 1.82) is 0 Å². The van der Waals surface area contributed by atoms with Gasteiger partial charge in [-0.25, -0.2) is 5.43 Å². The molecule has 1 amide bonds. The number of hydrogen-bond donors (Lipinski definition) is 1. The van der Waals surface area contributed by atoms with E-state index >= 15 is 0 Å². The number of amides is 1. The maximum Gasteiger partial charge on any atom is 0.277 e. The van der Waals surface area contributed by atoms with E-state index in [9.17, 15) is 4.79 Å². The number of ether oxygens (including phenoxy) is 2. The van der Waals surface area contributed by atoms with E-state index < -0.39 is 0 Å². The molecule has 0 atom stereocenters. The molecule has 1 aromatic carbocycles. The molecule has 0 heterocycles. The van der Waals surface area contributed by atoms with Crippen LogP contribution in [0.5, 0.6) is 11.5 Å². The molecule has 0 bridgehead atoms. The third kappa shape index (κ3) is 8.17. The Kier molecular flexibility index (Phi) is 8.97. The topological polar surface area (TPSA) is 59.9 Å². The van der Waals surface area contributed by atoms with Gasteiger partial charge >= 0.3 is 0 Å². The number of hydrazone groups is 1. The van der Waals surface area contributed by atoms with Gasteiger partial charge in [-0.15, -0.1) is 0 Å². The highest BCUT2D eigenvalue weighted by molar-refractivity contribution is 5.80. The second-order valence-electron chi connectivity index (χ2n) is 5.59. The summed E-state index contributed by atoms with van der Waals surface area (Å²) < 4.78 is 10.6. The van der Waals surface area contributed by atoms with Gasteiger partial charge in [-0.05, 0) is 51.8 Å². The van der Waals surface area contributed by atoms with Gasteiger partial charge in [0, 0.05) is 6.21 Å². The number of nitrogens with zero attached hydrogens (tertiary/aromatic N) is 1. The number of para-hydroxylation sites is 2. The predicted octanol–water partition coefficient (Wildman–Crippen LogP) is 3.87. The number of nitrogens with one attached hydrogen (secondary N) is 1. The van der Waals surface area contributed by atoms with Crippen LogP contribution < -0.4 is 14.9 Å². The highest BCUT2D eigenvalue weighted by Crippen LogP contribution is 2.25. The molecule has 0 radical (unpaired) electrons. The number of rotatable bonds is 9. The molecule has 1 N–H and O–H groups in total. The number of methoxy groups -OCH3 is 1. The van der Waals surface area contributed by atoms with Gasteiger partial charge in [0.25, 0.3) is 5.91 Å². The minimum Gasteiger partial charge on any atom is -0.493 e. The second-order valence-corrected chi connectivity index (χ2v) is 5.59. The fourth-order valence-electron chi connectivity index (χ4n) is 1.86. The average molecular weight is 330 g/mol. The molecule has 0 aliphatic carbocycles. The third-order valence-electron chi connectivity index (χ3n) is 3.14. The number of hydrogen-bond acceptors (Lipinski definition) is 4. The van der Waals surface area contributed by atoms with E-state index in [0.717, 1.165) is 12.8 Å². The zero-order chi connectivity index (χ0) is 17.8. The molecule has 0 unspecified atom stereocenters. The molecule has 24 heavy (non-hydrogen) atoms. The van der Waals surface area contributed by atoms with E-state index in [0.29, 0.717) is 11.5 Å². The Morgan fingerprint density at radius 1 is 1.21 bits per heavy atom. The van der Waals surface area contributed by atoms with Crippen LogP contribution >= 0.6 is 0 Å². The summed E-state index contributed by atoms with van der Waals surface area (Å²) >= 11 is 0. The lowest BCUT2D eigenvalue weighted by molar-refractivity contribution is -0.123. The summed E-state index contributed by atoms with van der Waals surface area (Å²) in [5, 5.41) is 3.88. The molecule has 0 aromatic heterocycles. The SMILES string of the molecule is COc1ccccc1OCC(=O)NN=CC=C(C)CCC=C(C)C. The standard InChI is InChI=1S/C19H26N2O3/c1-15(2)8-7-9-16(3)12-13-20-21-19(22)14-24-18-11-6-5-10-17(18)23-4/h5-6,8,10-13H,7,9,14H2,1-4H3,(H,21,22). The third-order valence-corrected chi connectivity index (χ3v) is 3.14. The summed E-state index contributed by atoms with van der Waals surface area (Å²) in [5.74, 6) is 0.783. The first-order valence-corrected chi connectivity index (χ1v) is 7.89. The van der Waals surface area contributed by atoms with Crippen LogP contribution in [-0.4, -0.2) is 25.8 Å². The van der Waals surface area contributed by atoms with E-state index in [1.165, 1.54) is 11.1 Å². The Balaban J connectivity index is 2.34. The van der Waals surface area contributed by atoms with Gasteiger partial charge < -0.3 is 9.47 Å². The lowest BCUT2D eigenvalue weighted by Crippen LogP contribution is -2.24. The molecule has 1 aromatic rings. The molecule has 0 aliphatic heterocycles. The molecule has 5 nitrogen and oxygen atoms in total. The smallest absolute Gasteiger partial charge is 0.277 e. The Morgan fingerprint density at radius 3 is 2.58 bits per heavy atom. The van der Waals surface area contributed by atoms with Crippen LogP contribution in [0.2, 0.25) is 0 Å². The fourth-order valence-corrected chi connectivity index (χ4v) is 1.86. The molecule has 0 aliphatic rings. The van der Waals surface area contributed by atoms with Gasteiger partial charge in [0.1, 0.15) is 0 Å². The fraction of sp³-hybridized carbons (Fsp3) is 0.368. The Bertz CT molecular complexity index is 615. The van der Waals surface area contributed by atoms with Gasteiger partial charge in [-0.2, -0.15) is 5.10 Å². The minimum atomic E-state index is -0.326.